The van der Waals surface area contributed by atoms with Crippen LogP contribution in [0.2, 0.25) is 0 Å². The highest BCUT2D eigenvalue weighted by atomic mass is 32.1. The minimum Gasteiger partial charge on any atom is -0.316 e. The van der Waals surface area contributed by atoms with Gasteiger partial charge in [-0.1, -0.05) is 30.3 Å². The van der Waals surface area contributed by atoms with Crippen LogP contribution >= 0.6 is 11.3 Å². The zero-order chi connectivity index (χ0) is 14.1. The van der Waals surface area contributed by atoms with Gasteiger partial charge in [0.1, 0.15) is 5.01 Å². The number of aromatic nitrogens is 1. The molecule has 4 heteroatoms. The van der Waals surface area contributed by atoms with Gasteiger partial charge >= 0.3 is 0 Å². The molecule has 2 saturated heterocycles. The van der Waals surface area contributed by atoms with Crippen molar-refractivity contribution in [3.8, 4) is 10.4 Å². The molecule has 0 amide bonds. The third-order valence-corrected chi connectivity index (χ3v) is 5.85. The first-order valence-electron chi connectivity index (χ1n) is 7.76. The Balaban J connectivity index is 1.43. The first-order chi connectivity index (χ1) is 10.3. The zero-order valence-electron chi connectivity index (χ0n) is 12.2. The Kier molecular flexibility index (Phi) is 3.53. The Hall–Kier alpha value is -1.23. The van der Waals surface area contributed by atoms with Gasteiger partial charge in [0, 0.05) is 19.3 Å². The van der Waals surface area contributed by atoms with Crippen LogP contribution in [0.3, 0.4) is 0 Å². The summed E-state index contributed by atoms with van der Waals surface area (Å²) >= 11 is 1.84. The molecule has 0 saturated carbocycles. The molecule has 3 nitrogen and oxygen atoms in total. The van der Waals surface area contributed by atoms with E-state index in [1.807, 2.05) is 17.5 Å². The molecule has 0 radical (unpaired) electrons. The number of nitrogens with zero attached hydrogens (tertiary/aromatic N) is 2. The average Bonchev–Trinajstić information content (AvgIpc) is 3.24. The molecule has 1 unspecified atom stereocenters. The van der Waals surface area contributed by atoms with E-state index in [0.29, 0.717) is 5.41 Å². The fourth-order valence-corrected chi connectivity index (χ4v) is 4.58. The van der Waals surface area contributed by atoms with Gasteiger partial charge in [0.05, 0.1) is 11.4 Å². The number of thiazole rings is 1. The minimum atomic E-state index is 0.555. The normalized spacial score (nSPS) is 25.9. The molecule has 4 rings (SSSR count). The molecule has 2 aromatic rings. The van der Waals surface area contributed by atoms with Crippen molar-refractivity contribution in [2.24, 2.45) is 5.41 Å². The monoisotopic (exact) mass is 299 g/mol. The van der Waals surface area contributed by atoms with Gasteiger partial charge in [0.15, 0.2) is 0 Å². The van der Waals surface area contributed by atoms with Gasteiger partial charge in [-0.15, -0.1) is 11.3 Å². The molecule has 1 aromatic heterocycles. The highest BCUT2D eigenvalue weighted by Gasteiger charge is 2.40. The molecule has 1 spiro atoms. The van der Waals surface area contributed by atoms with E-state index in [9.17, 15) is 0 Å². The van der Waals surface area contributed by atoms with Crippen LogP contribution in [0.25, 0.3) is 10.4 Å². The smallest absolute Gasteiger partial charge is 0.107 e. The Bertz CT molecular complexity index is 602. The quantitative estimate of drug-likeness (QED) is 0.944. The Labute approximate surface area is 130 Å². The lowest BCUT2D eigenvalue weighted by molar-refractivity contribution is 0.268. The molecule has 2 aliphatic heterocycles. The van der Waals surface area contributed by atoms with Gasteiger partial charge in [0.2, 0.25) is 0 Å². The third kappa shape index (κ3) is 2.76. The van der Waals surface area contributed by atoms with Crippen LogP contribution in [-0.2, 0) is 6.54 Å². The lowest BCUT2D eigenvalue weighted by Gasteiger charge is -2.22. The fourth-order valence-electron chi connectivity index (χ4n) is 3.62. The lowest BCUT2D eigenvalue weighted by atomic mass is 9.87. The van der Waals surface area contributed by atoms with Crippen LogP contribution in [-0.4, -0.2) is 36.1 Å². The molecule has 2 aliphatic rings. The Morgan fingerprint density at radius 1 is 1.24 bits per heavy atom. The molecular formula is C17H21N3S. The molecule has 2 fully saturated rings. The minimum absolute atomic E-state index is 0.555. The van der Waals surface area contributed by atoms with Gasteiger partial charge in [0.25, 0.3) is 0 Å². The van der Waals surface area contributed by atoms with E-state index < -0.39 is 0 Å². The van der Waals surface area contributed by atoms with Crippen molar-refractivity contribution in [3.05, 3.63) is 41.5 Å². The van der Waals surface area contributed by atoms with E-state index in [1.165, 1.54) is 54.5 Å². The van der Waals surface area contributed by atoms with Crippen molar-refractivity contribution >= 4 is 11.3 Å². The standard InChI is InChI=1S/C17H21N3S/c1-2-4-14(5-3-1)15-10-19-16(21-15)11-20-9-7-17(13-20)6-8-18-12-17/h1-5,10,18H,6-9,11-13H2. The van der Waals surface area contributed by atoms with Crippen LogP contribution < -0.4 is 5.32 Å². The van der Waals surface area contributed by atoms with Crippen LogP contribution in [0.4, 0.5) is 0 Å². The summed E-state index contributed by atoms with van der Waals surface area (Å²) in [4.78, 5) is 8.50. The van der Waals surface area contributed by atoms with Crippen molar-refractivity contribution in [2.75, 3.05) is 26.2 Å². The Morgan fingerprint density at radius 2 is 2.14 bits per heavy atom. The number of benzene rings is 1. The van der Waals surface area contributed by atoms with Crippen molar-refractivity contribution in [2.45, 2.75) is 19.4 Å². The highest BCUT2D eigenvalue weighted by molar-refractivity contribution is 7.15. The van der Waals surface area contributed by atoms with E-state index >= 15 is 0 Å². The van der Waals surface area contributed by atoms with Gasteiger partial charge in [-0.25, -0.2) is 4.98 Å². The number of nitrogens with one attached hydrogen (secondary N) is 1. The number of hydrogen-bond donors (Lipinski definition) is 1. The second-order valence-corrected chi connectivity index (χ2v) is 7.49. The number of rotatable bonds is 3. The average molecular weight is 299 g/mol. The van der Waals surface area contributed by atoms with Crippen LogP contribution in [0, 0.1) is 5.41 Å². The molecule has 0 aliphatic carbocycles. The van der Waals surface area contributed by atoms with Crippen molar-refractivity contribution in [1.82, 2.24) is 15.2 Å². The maximum atomic E-state index is 4.63. The summed E-state index contributed by atoms with van der Waals surface area (Å²) in [6, 6.07) is 10.6. The predicted molar refractivity (Wildman–Crippen MR) is 87.4 cm³/mol. The molecule has 110 valence electrons. The first kappa shape index (κ1) is 13.4. The maximum absolute atomic E-state index is 4.63. The van der Waals surface area contributed by atoms with Crippen LogP contribution in [0.5, 0.6) is 0 Å². The Morgan fingerprint density at radius 3 is 2.95 bits per heavy atom. The highest BCUT2D eigenvalue weighted by Crippen LogP contribution is 2.37. The number of likely N-dealkylation sites (tertiary alicyclic amines) is 1. The van der Waals surface area contributed by atoms with E-state index in [1.54, 1.807) is 0 Å². The molecular weight excluding hydrogens is 278 g/mol. The molecule has 1 aromatic carbocycles. The number of hydrogen-bond acceptors (Lipinski definition) is 4. The van der Waals surface area contributed by atoms with Crippen molar-refractivity contribution in [3.63, 3.8) is 0 Å². The van der Waals surface area contributed by atoms with Gasteiger partial charge in [-0.3, -0.25) is 4.90 Å². The summed E-state index contributed by atoms with van der Waals surface area (Å²) in [6.45, 7) is 5.88. The summed E-state index contributed by atoms with van der Waals surface area (Å²) in [5.74, 6) is 0. The summed E-state index contributed by atoms with van der Waals surface area (Å²) in [5.41, 5.74) is 1.83. The van der Waals surface area contributed by atoms with E-state index in [-0.39, 0.29) is 0 Å². The van der Waals surface area contributed by atoms with Crippen LogP contribution in [0.1, 0.15) is 17.8 Å². The summed E-state index contributed by atoms with van der Waals surface area (Å²) in [5, 5.41) is 4.77. The van der Waals surface area contributed by atoms with Crippen molar-refractivity contribution < 1.29 is 0 Å². The summed E-state index contributed by atoms with van der Waals surface area (Å²) in [7, 11) is 0. The fraction of sp³-hybridized carbons (Fsp3) is 0.471. The van der Waals surface area contributed by atoms with Gasteiger partial charge in [-0.05, 0) is 36.9 Å². The predicted octanol–water partition coefficient (Wildman–Crippen LogP) is 3.00. The molecule has 3 heterocycles. The first-order valence-corrected chi connectivity index (χ1v) is 8.58. The molecule has 1 atom stereocenters. The molecule has 0 bridgehead atoms. The summed E-state index contributed by atoms with van der Waals surface area (Å²) in [6.07, 6.45) is 4.71. The lowest BCUT2D eigenvalue weighted by Crippen LogP contribution is -2.28. The van der Waals surface area contributed by atoms with Crippen LogP contribution in [0.15, 0.2) is 36.5 Å². The molecule has 1 N–H and O–H groups in total. The van der Waals surface area contributed by atoms with Gasteiger partial charge < -0.3 is 5.32 Å². The second-order valence-electron chi connectivity index (χ2n) is 6.37. The second kappa shape index (κ2) is 5.52. The van der Waals surface area contributed by atoms with Crippen molar-refractivity contribution in [1.29, 1.82) is 0 Å². The largest absolute Gasteiger partial charge is 0.316 e. The van der Waals surface area contributed by atoms with E-state index in [2.05, 4.69) is 45.5 Å². The topological polar surface area (TPSA) is 28.2 Å². The van der Waals surface area contributed by atoms with Gasteiger partial charge in [-0.2, -0.15) is 0 Å². The third-order valence-electron chi connectivity index (χ3n) is 4.82. The van der Waals surface area contributed by atoms with E-state index in [4.69, 9.17) is 0 Å². The van der Waals surface area contributed by atoms with E-state index in [0.717, 1.165) is 6.54 Å². The zero-order valence-corrected chi connectivity index (χ0v) is 13.0. The summed E-state index contributed by atoms with van der Waals surface area (Å²) < 4.78 is 0. The SMILES string of the molecule is c1ccc(-c2cnc(CN3CCC4(CCNC4)C3)s2)cc1. The molecule has 21 heavy (non-hydrogen) atoms. The maximum Gasteiger partial charge on any atom is 0.107 e.